The summed E-state index contributed by atoms with van der Waals surface area (Å²) in [6.07, 6.45) is 3.90. The minimum Gasteiger partial charge on any atom is -0.496 e. The molecule has 25 heavy (non-hydrogen) atoms. The SMILES string of the molecule is CCn1cc(/C=C2/Oc3c(ccc(OC)c3C)C2=O)c2ccccc21. The highest BCUT2D eigenvalue weighted by Crippen LogP contribution is 2.39. The maximum Gasteiger partial charge on any atom is 0.231 e. The molecule has 0 saturated heterocycles. The summed E-state index contributed by atoms with van der Waals surface area (Å²) in [4.78, 5) is 12.7. The Balaban J connectivity index is 1.82. The van der Waals surface area contributed by atoms with Crippen LogP contribution in [0.15, 0.2) is 48.4 Å². The van der Waals surface area contributed by atoms with E-state index in [9.17, 15) is 4.79 Å². The van der Waals surface area contributed by atoms with Crippen LogP contribution in [0.1, 0.15) is 28.4 Å². The smallest absolute Gasteiger partial charge is 0.231 e. The number of ketones is 1. The Morgan fingerprint density at radius 1 is 1.20 bits per heavy atom. The number of ether oxygens (including phenoxy) is 2. The maximum atomic E-state index is 12.7. The van der Waals surface area contributed by atoms with Gasteiger partial charge in [0.15, 0.2) is 5.76 Å². The Bertz CT molecular complexity index is 1030. The quantitative estimate of drug-likeness (QED) is 0.658. The van der Waals surface area contributed by atoms with Gasteiger partial charge in [0, 0.05) is 34.8 Å². The van der Waals surface area contributed by atoms with Crippen molar-refractivity contribution in [2.24, 2.45) is 0 Å². The van der Waals surface area contributed by atoms with Gasteiger partial charge in [-0.3, -0.25) is 4.79 Å². The zero-order chi connectivity index (χ0) is 17.6. The molecule has 0 N–H and O–H groups in total. The maximum absolute atomic E-state index is 12.7. The molecule has 0 amide bonds. The van der Waals surface area contributed by atoms with Gasteiger partial charge in [-0.15, -0.1) is 0 Å². The zero-order valence-corrected chi connectivity index (χ0v) is 14.5. The third-order valence-corrected chi connectivity index (χ3v) is 4.70. The number of carbonyl (C=O) groups excluding carboxylic acids is 1. The van der Waals surface area contributed by atoms with Crippen molar-refractivity contribution in [2.45, 2.75) is 20.4 Å². The van der Waals surface area contributed by atoms with E-state index in [1.165, 1.54) is 0 Å². The minimum atomic E-state index is -0.0888. The van der Waals surface area contributed by atoms with Gasteiger partial charge in [0.05, 0.1) is 12.7 Å². The molecular weight excluding hydrogens is 314 g/mol. The fraction of sp³-hybridized carbons (Fsp3) is 0.190. The van der Waals surface area contributed by atoms with Crippen molar-refractivity contribution in [3.63, 3.8) is 0 Å². The Hall–Kier alpha value is -3.01. The molecule has 1 aromatic heterocycles. The summed E-state index contributed by atoms with van der Waals surface area (Å²) in [6.45, 7) is 4.87. The highest BCUT2D eigenvalue weighted by Gasteiger charge is 2.30. The van der Waals surface area contributed by atoms with Gasteiger partial charge in [-0.1, -0.05) is 18.2 Å². The third kappa shape index (κ3) is 2.33. The Labute approximate surface area is 146 Å². The second-order valence-electron chi connectivity index (χ2n) is 6.10. The molecule has 3 aromatic rings. The molecule has 0 unspecified atom stereocenters. The molecule has 0 atom stereocenters. The Kier molecular flexibility index (Phi) is 3.61. The van der Waals surface area contributed by atoms with E-state index in [1.54, 1.807) is 19.2 Å². The molecular formula is C21H19NO3. The largest absolute Gasteiger partial charge is 0.496 e. The van der Waals surface area contributed by atoms with Crippen LogP contribution in [-0.2, 0) is 6.54 Å². The number of aryl methyl sites for hydroxylation is 1. The van der Waals surface area contributed by atoms with Crippen LogP contribution in [0.5, 0.6) is 11.5 Å². The van der Waals surface area contributed by atoms with Crippen molar-refractivity contribution in [2.75, 3.05) is 7.11 Å². The van der Waals surface area contributed by atoms with Crippen LogP contribution in [0.25, 0.3) is 17.0 Å². The number of benzene rings is 2. The standard InChI is InChI=1S/C21H19NO3/c1-4-22-12-14(15-7-5-6-8-17(15)22)11-19-20(23)16-9-10-18(24-3)13(2)21(16)25-19/h5-12H,4H2,1-3H3/b19-11+. The number of para-hydroxylation sites is 1. The van der Waals surface area contributed by atoms with Gasteiger partial charge in [-0.2, -0.15) is 0 Å². The van der Waals surface area contributed by atoms with Crippen molar-refractivity contribution in [3.05, 3.63) is 65.0 Å². The molecule has 2 aromatic carbocycles. The van der Waals surface area contributed by atoms with E-state index in [1.807, 2.05) is 25.1 Å². The summed E-state index contributed by atoms with van der Waals surface area (Å²) in [5.74, 6) is 1.57. The molecule has 0 fully saturated rings. The van der Waals surface area contributed by atoms with E-state index in [0.29, 0.717) is 17.1 Å². The Morgan fingerprint density at radius 3 is 2.76 bits per heavy atom. The van der Waals surface area contributed by atoms with Crippen molar-refractivity contribution in [3.8, 4) is 11.5 Å². The van der Waals surface area contributed by atoms with Crippen molar-refractivity contribution in [1.82, 2.24) is 4.57 Å². The van der Waals surface area contributed by atoms with E-state index in [-0.39, 0.29) is 5.78 Å². The van der Waals surface area contributed by atoms with E-state index >= 15 is 0 Å². The number of allylic oxidation sites excluding steroid dienone is 1. The number of rotatable bonds is 3. The molecule has 2 heterocycles. The number of fused-ring (bicyclic) bond motifs is 2. The van der Waals surface area contributed by atoms with Crippen molar-refractivity contribution < 1.29 is 14.3 Å². The van der Waals surface area contributed by atoms with Gasteiger partial charge >= 0.3 is 0 Å². The summed E-state index contributed by atoms with van der Waals surface area (Å²) in [5.41, 5.74) is 3.56. The average Bonchev–Trinajstić information content (AvgIpc) is 3.15. The first-order valence-corrected chi connectivity index (χ1v) is 8.33. The molecule has 1 aliphatic rings. The normalized spacial score (nSPS) is 14.8. The topological polar surface area (TPSA) is 40.5 Å². The number of hydrogen-bond donors (Lipinski definition) is 0. The lowest BCUT2D eigenvalue weighted by Crippen LogP contribution is -1.97. The predicted octanol–water partition coefficient (Wildman–Crippen LogP) is 4.59. The highest BCUT2D eigenvalue weighted by atomic mass is 16.5. The fourth-order valence-corrected chi connectivity index (χ4v) is 3.38. The molecule has 1 aliphatic heterocycles. The average molecular weight is 333 g/mol. The molecule has 4 rings (SSSR count). The first-order valence-electron chi connectivity index (χ1n) is 8.33. The zero-order valence-electron chi connectivity index (χ0n) is 14.5. The van der Waals surface area contributed by atoms with Gasteiger partial charge in [0.25, 0.3) is 0 Å². The van der Waals surface area contributed by atoms with Crippen molar-refractivity contribution in [1.29, 1.82) is 0 Å². The minimum absolute atomic E-state index is 0.0888. The second kappa shape index (κ2) is 5.81. The van der Waals surface area contributed by atoms with Gasteiger partial charge < -0.3 is 14.0 Å². The monoisotopic (exact) mass is 333 g/mol. The van der Waals surface area contributed by atoms with Crippen LogP contribution in [0.4, 0.5) is 0 Å². The van der Waals surface area contributed by atoms with Gasteiger partial charge in [-0.05, 0) is 38.1 Å². The summed E-state index contributed by atoms with van der Waals surface area (Å²) in [7, 11) is 1.61. The van der Waals surface area contributed by atoms with Crippen LogP contribution in [0.2, 0.25) is 0 Å². The Morgan fingerprint density at radius 2 is 2.00 bits per heavy atom. The van der Waals surface area contributed by atoms with Gasteiger partial charge in [-0.25, -0.2) is 0 Å². The van der Waals surface area contributed by atoms with Crippen LogP contribution in [-0.4, -0.2) is 17.5 Å². The van der Waals surface area contributed by atoms with Crippen LogP contribution in [0, 0.1) is 6.92 Å². The number of aromatic nitrogens is 1. The molecule has 126 valence electrons. The summed E-state index contributed by atoms with van der Waals surface area (Å²) in [6, 6.07) is 11.7. The van der Waals surface area contributed by atoms with Crippen LogP contribution < -0.4 is 9.47 Å². The van der Waals surface area contributed by atoms with Gasteiger partial charge in [0.1, 0.15) is 11.5 Å². The van der Waals surface area contributed by atoms with E-state index in [4.69, 9.17) is 9.47 Å². The van der Waals surface area contributed by atoms with E-state index in [2.05, 4.69) is 29.8 Å². The molecule has 0 aliphatic carbocycles. The highest BCUT2D eigenvalue weighted by molar-refractivity contribution is 6.15. The number of hydrogen-bond acceptors (Lipinski definition) is 3. The lowest BCUT2D eigenvalue weighted by molar-refractivity contribution is 0.101. The van der Waals surface area contributed by atoms with Crippen LogP contribution in [0.3, 0.4) is 0 Å². The first kappa shape index (κ1) is 15.5. The van der Waals surface area contributed by atoms with Crippen LogP contribution >= 0.6 is 0 Å². The van der Waals surface area contributed by atoms with E-state index < -0.39 is 0 Å². The fourth-order valence-electron chi connectivity index (χ4n) is 3.38. The molecule has 0 radical (unpaired) electrons. The lowest BCUT2D eigenvalue weighted by Gasteiger charge is -2.07. The molecule has 4 heteroatoms. The predicted molar refractivity (Wildman–Crippen MR) is 98.3 cm³/mol. The first-order chi connectivity index (χ1) is 12.1. The number of Topliss-reactive ketones (excluding diaryl/α,β-unsaturated/α-hetero) is 1. The van der Waals surface area contributed by atoms with Crippen molar-refractivity contribution >= 4 is 22.8 Å². The summed E-state index contributed by atoms with van der Waals surface area (Å²) >= 11 is 0. The summed E-state index contributed by atoms with van der Waals surface area (Å²) in [5, 5.41) is 1.11. The number of carbonyl (C=O) groups is 1. The van der Waals surface area contributed by atoms with E-state index in [0.717, 1.165) is 34.3 Å². The number of methoxy groups -OCH3 is 1. The third-order valence-electron chi connectivity index (χ3n) is 4.70. The lowest BCUT2D eigenvalue weighted by atomic mass is 10.1. The molecule has 0 bridgehead atoms. The molecule has 4 nitrogen and oxygen atoms in total. The molecule has 0 saturated carbocycles. The summed E-state index contributed by atoms with van der Waals surface area (Å²) < 4.78 is 13.4. The van der Waals surface area contributed by atoms with Gasteiger partial charge in [0.2, 0.25) is 5.78 Å². The number of nitrogens with zero attached hydrogens (tertiary/aromatic N) is 1. The second-order valence-corrected chi connectivity index (χ2v) is 6.10. The molecule has 0 spiro atoms.